The molecule has 0 saturated heterocycles. The van der Waals surface area contributed by atoms with Gasteiger partial charge < -0.3 is 14.2 Å². The first-order valence-corrected chi connectivity index (χ1v) is 4.97. The average Bonchev–Trinajstić information content (AvgIpc) is 2.35. The zero-order valence-corrected chi connectivity index (χ0v) is 9.93. The van der Waals surface area contributed by atoms with Crippen molar-refractivity contribution in [2.45, 2.75) is 13.0 Å². The molecule has 5 heteroatoms. The molecule has 0 radical (unpaired) electrons. The van der Waals surface area contributed by atoms with E-state index >= 15 is 0 Å². The van der Waals surface area contributed by atoms with E-state index in [4.69, 9.17) is 9.47 Å². The molecule has 0 amide bonds. The van der Waals surface area contributed by atoms with E-state index in [2.05, 4.69) is 4.74 Å². The van der Waals surface area contributed by atoms with Gasteiger partial charge in [-0.3, -0.25) is 4.79 Å². The van der Waals surface area contributed by atoms with Crippen LogP contribution in [0.3, 0.4) is 0 Å². The number of ketones is 1. The Balaban J connectivity index is 2.85. The first kappa shape index (κ1) is 13.0. The van der Waals surface area contributed by atoms with E-state index < -0.39 is 17.9 Å². The number of rotatable bonds is 5. The molecule has 0 bridgehead atoms. The molecule has 0 N–H and O–H groups in total. The van der Waals surface area contributed by atoms with Crippen molar-refractivity contribution in [1.29, 1.82) is 0 Å². The Bertz CT molecular complexity index is 413. The fourth-order valence-corrected chi connectivity index (χ4v) is 1.21. The molecule has 1 atom stereocenters. The molecule has 0 saturated carbocycles. The van der Waals surface area contributed by atoms with E-state index in [0.29, 0.717) is 11.5 Å². The smallest absolute Gasteiger partial charge is 0.354 e. The van der Waals surface area contributed by atoms with Crippen LogP contribution in [0.25, 0.3) is 0 Å². The molecule has 0 spiro atoms. The number of benzene rings is 1. The highest BCUT2D eigenvalue weighted by Gasteiger charge is 2.26. The summed E-state index contributed by atoms with van der Waals surface area (Å²) in [6, 6.07) is 6.64. The van der Waals surface area contributed by atoms with Crippen molar-refractivity contribution in [1.82, 2.24) is 0 Å². The van der Waals surface area contributed by atoms with Crippen LogP contribution in [-0.2, 0) is 14.3 Å². The molecule has 5 nitrogen and oxygen atoms in total. The van der Waals surface area contributed by atoms with Crippen molar-refractivity contribution >= 4 is 11.8 Å². The predicted molar refractivity (Wildman–Crippen MR) is 60.1 cm³/mol. The summed E-state index contributed by atoms with van der Waals surface area (Å²) < 4.78 is 14.8. The minimum absolute atomic E-state index is 0.370. The Kier molecular flexibility index (Phi) is 4.51. The second-order valence-corrected chi connectivity index (χ2v) is 3.31. The zero-order chi connectivity index (χ0) is 12.8. The van der Waals surface area contributed by atoms with Gasteiger partial charge in [0.15, 0.2) is 5.78 Å². The fraction of sp³-hybridized carbons (Fsp3) is 0.333. The van der Waals surface area contributed by atoms with E-state index in [1.54, 1.807) is 24.3 Å². The lowest BCUT2D eigenvalue weighted by Gasteiger charge is -2.14. The van der Waals surface area contributed by atoms with Crippen molar-refractivity contribution in [3.8, 4) is 11.5 Å². The third kappa shape index (κ3) is 3.48. The molecule has 0 aliphatic carbocycles. The second-order valence-electron chi connectivity index (χ2n) is 3.31. The maximum atomic E-state index is 11.3. The summed E-state index contributed by atoms with van der Waals surface area (Å²) in [5, 5.41) is 0. The van der Waals surface area contributed by atoms with E-state index in [1.807, 2.05) is 0 Å². The third-order valence-corrected chi connectivity index (χ3v) is 2.08. The van der Waals surface area contributed by atoms with Crippen LogP contribution in [0.1, 0.15) is 6.92 Å². The van der Waals surface area contributed by atoms with Gasteiger partial charge in [-0.2, -0.15) is 0 Å². The number of carbonyl (C=O) groups is 2. The molecule has 1 aromatic carbocycles. The van der Waals surface area contributed by atoms with Gasteiger partial charge in [-0.25, -0.2) is 4.79 Å². The number of Topliss-reactive ketones (excluding diaryl/α,β-unsaturated/α-hetero) is 1. The molecule has 0 aliphatic rings. The normalized spacial score (nSPS) is 11.5. The second kappa shape index (κ2) is 5.89. The quantitative estimate of drug-likeness (QED) is 0.570. The molecular formula is C12H14O5. The zero-order valence-electron chi connectivity index (χ0n) is 9.93. The standard InChI is InChI=1S/C12H14O5/c1-8(13)11(12(14)16-3)17-10-6-4-5-9(7-10)15-2/h4-7,11H,1-3H3. The van der Waals surface area contributed by atoms with E-state index in [0.717, 1.165) is 0 Å². The number of esters is 1. The number of ether oxygens (including phenoxy) is 3. The van der Waals surface area contributed by atoms with Crippen LogP contribution in [0.4, 0.5) is 0 Å². The van der Waals surface area contributed by atoms with Crippen LogP contribution < -0.4 is 9.47 Å². The lowest BCUT2D eigenvalue weighted by Crippen LogP contribution is -2.35. The topological polar surface area (TPSA) is 61.8 Å². The van der Waals surface area contributed by atoms with Crippen molar-refractivity contribution in [2.24, 2.45) is 0 Å². The summed E-state index contributed by atoms with van der Waals surface area (Å²) in [6.45, 7) is 1.27. The molecule has 92 valence electrons. The summed E-state index contributed by atoms with van der Waals surface area (Å²) in [6.07, 6.45) is -1.24. The SMILES string of the molecule is COC(=O)C(Oc1cccc(OC)c1)C(C)=O. The van der Waals surface area contributed by atoms with Crippen molar-refractivity contribution in [2.75, 3.05) is 14.2 Å². The number of methoxy groups -OCH3 is 2. The fourth-order valence-electron chi connectivity index (χ4n) is 1.21. The predicted octanol–water partition coefficient (Wildman–Crippen LogP) is 1.20. The van der Waals surface area contributed by atoms with Crippen LogP contribution in [0.5, 0.6) is 11.5 Å². The van der Waals surface area contributed by atoms with Gasteiger partial charge in [0.2, 0.25) is 0 Å². The molecule has 0 fully saturated rings. The monoisotopic (exact) mass is 238 g/mol. The Morgan fingerprint density at radius 3 is 2.35 bits per heavy atom. The van der Waals surface area contributed by atoms with Crippen LogP contribution in [0.2, 0.25) is 0 Å². The Labute approximate surface area is 99.3 Å². The molecule has 0 aromatic heterocycles. The van der Waals surface area contributed by atoms with E-state index in [1.165, 1.54) is 21.1 Å². The van der Waals surface area contributed by atoms with Crippen LogP contribution in [-0.4, -0.2) is 32.1 Å². The summed E-state index contributed by atoms with van der Waals surface area (Å²) >= 11 is 0. The number of hydrogen-bond acceptors (Lipinski definition) is 5. The van der Waals surface area contributed by atoms with Crippen molar-refractivity contribution in [3.05, 3.63) is 24.3 Å². The lowest BCUT2D eigenvalue weighted by atomic mass is 10.2. The van der Waals surface area contributed by atoms with Gasteiger partial charge in [0.1, 0.15) is 11.5 Å². The first-order chi connectivity index (χ1) is 8.08. The van der Waals surface area contributed by atoms with E-state index in [9.17, 15) is 9.59 Å². The number of carbonyl (C=O) groups excluding carboxylic acids is 2. The highest BCUT2D eigenvalue weighted by atomic mass is 16.6. The highest BCUT2D eigenvalue weighted by molar-refractivity contribution is 6.01. The number of hydrogen-bond donors (Lipinski definition) is 0. The van der Waals surface area contributed by atoms with Crippen molar-refractivity contribution < 1.29 is 23.8 Å². The minimum atomic E-state index is -1.24. The Morgan fingerprint density at radius 1 is 1.18 bits per heavy atom. The lowest BCUT2D eigenvalue weighted by molar-refractivity contribution is -0.152. The van der Waals surface area contributed by atoms with Gasteiger partial charge in [0, 0.05) is 6.07 Å². The molecule has 0 heterocycles. The molecule has 1 unspecified atom stereocenters. The molecule has 1 rings (SSSR count). The van der Waals surface area contributed by atoms with Crippen LogP contribution >= 0.6 is 0 Å². The first-order valence-electron chi connectivity index (χ1n) is 4.97. The summed E-state index contributed by atoms with van der Waals surface area (Å²) in [5.74, 6) is -0.190. The summed E-state index contributed by atoms with van der Waals surface area (Å²) in [5.41, 5.74) is 0. The van der Waals surface area contributed by atoms with Crippen molar-refractivity contribution in [3.63, 3.8) is 0 Å². The van der Waals surface area contributed by atoms with Crippen LogP contribution in [0, 0.1) is 0 Å². The molecular weight excluding hydrogens is 224 g/mol. The largest absolute Gasteiger partial charge is 0.497 e. The third-order valence-electron chi connectivity index (χ3n) is 2.08. The minimum Gasteiger partial charge on any atom is -0.497 e. The Morgan fingerprint density at radius 2 is 1.82 bits per heavy atom. The van der Waals surface area contributed by atoms with Gasteiger partial charge in [0.25, 0.3) is 6.10 Å². The van der Waals surface area contributed by atoms with Crippen LogP contribution in [0.15, 0.2) is 24.3 Å². The maximum absolute atomic E-state index is 11.3. The highest BCUT2D eigenvalue weighted by Crippen LogP contribution is 2.20. The molecule has 1 aromatic rings. The van der Waals surface area contributed by atoms with Gasteiger partial charge in [-0.15, -0.1) is 0 Å². The van der Waals surface area contributed by atoms with E-state index in [-0.39, 0.29) is 0 Å². The van der Waals surface area contributed by atoms with Gasteiger partial charge in [0.05, 0.1) is 14.2 Å². The average molecular weight is 238 g/mol. The van der Waals surface area contributed by atoms with Gasteiger partial charge >= 0.3 is 5.97 Å². The van der Waals surface area contributed by atoms with Gasteiger partial charge in [-0.1, -0.05) is 6.07 Å². The Hall–Kier alpha value is -2.04. The van der Waals surface area contributed by atoms with Gasteiger partial charge in [-0.05, 0) is 19.1 Å². The maximum Gasteiger partial charge on any atom is 0.354 e. The molecule has 17 heavy (non-hydrogen) atoms. The molecule has 0 aliphatic heterocycles. The summed E-state index contributed by atoms with van der Waals surface area (Å²) in [4.78, 5) is 22.6. The summed E-state index contributed by atoms with van der Waals surface area (Å²) in [7, 11) is 2.72.